The normalized spacial score (nSPS) is 12.9. The number of para-hydroxylation sites is 1. The maximum atomic E-state index is 12.6. The minimum Gasteiger partial charge on any atom is -0.492 e. The van der Waals surface area contributed by atoms with E-state index in [-0.39, 0.29) is 5.78 Å². The van der Waals surface area contributed by atoms with Gasteiger partial charge in [0, 0.05) is 16.5 Å². The molecule has 0 N–H and O–H groups in total. The summed E-state index contributed by atoms with van der Waals surface area (Å²) in [6, 6.07) is 10.9. The molecule has 4 heteroatoms. The Kier molecular flexibility index (Phi) is 3.33. The summed E-state index contributed by atoms with van der Waals surface area (Å²) in [6.07, 6.45) is 0.850. The fraction of sp³-hybridized carbons (Fsp3) is 0.133. The van der Waals surface area contributed by atoms with Crippen LogP contribution >= 0.6 is 27.5 Å². The molecule has 2 nitrogen and oxygen atoms in total. The largest absolute Gasteiger partial charge is 0.492 e. The molecule has 0 aliphatic carbocycles. The number of carbonyl (C=O) groups excluding carboxylic acids is 1. The van der Waals surface area contributed by atoms with Crippen molar-refractivity contribution in [2.45, 2.75) is 6.42 Å². The molecule has 0 amide bonds. The summed E-state index contributed by atoms with van der Waals surface area (Å²) in [5.41, 5.74) is 2.15. The number of hydrogen-bond acceptors (Lipinski definition) is 2. The van der Waals surface area contributed by atoms with Gasteiger partial charge in [-0.1, -0.05) is 39.7 Å². The summed E-state index contributed by atoms with van der Waals surface area (Å²) >= 11 is 9.47. The summed E-state index contributed by atoms with van der Waals surface area (Å²) in [5, 5.41) is 0.448. The van der Waals surface area contributed by atoms with E-state index in [0.29, 0.717) is 28.5 Å². The van der Waals surface area contributed by atoms with Gasteiger partial charge in [-0.05, 0) is 29.8 Å². The van der Waals surface area contributed by atoms with Crippen molar-refractivity contribution in [2.75, 3.05) is 6.61 Å². The van der Waals surface area contributed by atoms with Crippen LogP contribution in [-0.4, -0.2) is 12.4 Å². The number of fused-ring (bicyclic) bond motifs is 1. The smallest absolute Gasteiger partial charge is 0.198 e. The molecule has 0 atom stereocenters. The first-order valence-corrected chi connectivity index (χ1v) is 7.08. The molecule has 0 saturated carbocycles. The van der Waals surface area contributed by atoms with Crippen molar-refractivity contribution < 1.29 is 9.53 Å². The van der Waals surface area contributed by atoms with Crippen LogP contribution in [0, 0.1) is 0 Å². The van der Waals surface area contributed by atoms with Crippen molar-refractivity contribution in [2.24, 2.45) is 0 Å². The second kappa shape index (κ2) is 4.99. The highest BCUT2D eigenvalue weighted by Crippen LogP contribution is 2.33. The molecule has 0 radical (unpaired) electrons. The third kappa shape index (κ3) is 2.28. The van der Waals surface area contributed by atoms with Gasteiger partial charge < -0.3 is 4.74 Å². The highest BCUT2D eigenvalue weighted by atomic mass is 79.9. The number of benzene rings is 2. The Morgan fingerprint density at radius 1 is 1.21 bits per heavy atom. The van der Waals surface area contributed by atoms with Crippen molar-refractivity contribution in [1.82, 2.24) is 0 Å². The first kappa shape index (κ1) is 12.7. The highest BCUT2D eigenvalue weighted by Gasteiger charge is 2.22. The van der Waals surface area contributed by atoms with Crippen LogP contribution in [0.25, 0.3) is 0 Å². The zero-order chi connectivity index (χ0) is 13.4. The molecule has 3 rings (SSSR count). The third-order valence-corrected chi connectivity index (χ3v) is 3.95. The quantitative estimate of drug-likeness (QED) is 0.765. The Morgan fingerprint density at radius 2 is 2.05 bits per heavy atom. The summed E-state index contributed by atoms with van der Waals surface area (Å²) in [7, 11) is 0. The van der Waals surface area contributed by atoms with Crippen molar-refractivity contribution >= 4 is 33.3 Å². The predicted octanol–water partition coefficient (Wildman–Crippen LogP) is 4.27. The Balaban J connectivity index is 2.10. The van der Waals surface area contributed by atoms with Gasteiger partial charge in [-0.15, -0.1) is 0 Å². The van der Waals surface area contributed by atoms with Gasteiger partial charge in [-0.25, -0.2) is 0 Å². The maximum Gasteiger partial charge on any atom is 0.198 e. The number of hydrogen-bond donors (Lipinski definition) is 0. The predicted molar refractivity (Wildman–Crippen MR) is 78.2 cm³/mol. The first-order valence-electron chi connectivity index (χ1n) is 5.91. The van der Waals surface area contributed by atoms with Gasteiger partial charge in [0.1, 0.15) is 5.75 Å². The van der Waals surface area contributed by atoms with Gasteiger partial charge >= 0.3 is 0 Å². The molecular weight excluding hydrogens is 328 g/mol. The Morgan fingerprint density at radius 3 is 2.89 bits per heavy atom. The van der Waals surface area contributed by atoms with E-state index in [1.165, 1.54) is 0 Å². The maximum absolute atomic E-state index is 12.6. The van der Waals surface area contributed by atoms with E-state index in [0.717, 1.165) is 16.5 Å². The van der Waals surface area contributed by atoms with Crippen LogP contribution < -0.4 is 4.74 Å². The fourth-order valence-electron chi connectivity index (χ4n) is 2.21. The van der Waals surface area contributed by atoms with Crippen LogP contribution in [0.1, 0.15) is 21.5 Å². The molecular formula is C15H10BrClO2. The second-order valence-electron chi connectivity index (χ2n) is 4.35. The molecule has 0 spiro atoms. The average Bonchev–Trinajstić information content (AvgIpc) is 2.89. The lowest BCUT2D eigenvalue weighted by Gasteiger charge is -2.08. The van der Waals surface area contributed by atoms with E-state index in [1.54, 1.807) is 18.2 Å². The molecule has 0 fully saturated rings. The standard InChI is InChI=1S/C15H10BrClO2/c16-10-4-5-13(17)12(8-10)14(18)11-3-1-2-9-6-7-19-15(9)11/h1-5,8H,6-7H2. The van der Waals surface area contributed by atoms with E-state index in [4.69, 9.17) is 16.3 Å². The van der Waals surface area contributed by atoms with Crippen LogP contribution in [0.5, 0.6) is 5.75 Å². The van der Waals surface area contributed by atoms with Crippen molar-refractivity contribution in [1.29, 1.82) is 0 Å². The SMILES string of the molecule is O=C(c1cc(Br)ccc1Cl)c1cccc2c1OCC2. The van der Waals surface area contributed by atoms with Crippen LogP contribution in [-0.2, 0) is 6.42 Å². The van der Waals surface area contributed by atoms with E-state index >= 15 is 0 Å². The lowest BCUT2D eigenvalue weighted by molar-refractivity contribution is 0.103. The summed E-state index contributed by atoms with van der Waals surface area (Å²) in [5.74, 6) is 0.591. The molecule has 19 heavy (non-hydrogen) atoms. The van der Waals surface area contributed by atoms with Crippen LogP contribution in [0.15, 0.2) is 40.9 Å². The summed E-state index contributed by atoms with van der Waals surface area (Å²) in [4.78, 5) is 12.6. The van der Waals surface area contributed by atoms with Gasteiger partial charge in [0.25, 0.3) is 0 Å². The van der Waals surface area contributed by atoms with Gasteiger partial charge in [-0.3, -0.25) is 4.79 Å². The summed E-state index contributed by atoms with van der Waals surface area (Å²) < 4.78 is 6.39. The minimum atomic E-state index is -0.106. The van der Waals surface area contributed by atoms with Crippen molar-refractivity contribution in [3.63, 3.8) is 0 Å². The van der Waals surface area contributed by atoms with E-state index < -0.39 is 0 Å². The molecule has 2 aromatic carbocycles. The van der Waals surface area contributed by atoms with E-state index in [2.05, 4.69) is 15.9 Å². The number of rotatable bonds is 2. The monoisotopic (exact) mass is 336 g/mol. The molecule has 1 heterocycles. The third-order valence-electron chi connectivity index (χ3n) is 3.13. The molecule has 0 aromatic heterocycles. The van der Waals surface area contributed by atoms with Crippen LogP contribution in [0.2, 0.25) is 5.02 Å². The number of ether oxygens (including phenoxy) is 1. The Hall–Kier alpha value is -1.32. The average molecular weight is 338 g/mol. The fourth-order valence-corrected chi connectivity index (χ4v) is 2.78. The van der Waals surface area contributed by atoms with E-state index in [9.17, 15) is 4.79 Å². The molecule has 1 aliphatic rings. The topological polar surface area (TPSA) is 26.3 Å². The first-order chi connectivity index (χ1) is 9.16. The van der Waals surface area contributed by atoms with Crippen LogP contribution in [0.3, 0.4) is 0 Å². The van der Waals surface area contributed by atoms with Gasteiger partial charge in [0.05, 0.1) is 17.2 Å². The van der Waals surface area contributed by atoms with Crippen molar-refractivity contribution in [3.8, 4) is 5.75 Å². The molecule has 96 valence electrons. The zero-order valence-corrected chi connectivity index (χ0v) is 12.3. The Bertz CT molecular complexity index is 667. The van der Waals surface area contributed by atoms with Gasteiger partial charge in [0.15, 0.2) is 5.78 Å². The number of ketones is 1. The summed E-state index contributed by atoms with van der Waals surface area (Å²) in [6.45, 7) is 0.631. The van der Waals surface area contributed by atoms with Crippen LogP contribution in [0.4, 0.5) is 0 Å². The van der Waals surface area contributed by atoms with E-state index in [1.807, 2.05) is 18.2 Å². The number of carbonyl (C=O) groups is 1. The molecule has 1 aliphatic heterocycles. The molecule has 0 bridgehead atoms. The lowest BCUT2D eigenvalue weighted by Crippen LogP contribution is -2.04. The minimum absolute atomic E-state index is 0.106. The van der Waals surface area contributed by atoms with Crippen molar-refractivity contribution in [3.05, 3.63) is 62.6 Å². The molecule has 2 aromatic rings. The second-order valence-corrected chi connectivity index (χ2v) is 5.67. The molecule has 0 saturated heterocycles. The zero-order valence-electron chi connectivity index (χ0n) is 9.95. The number of halogens is 2. The van der Waals surface area contributed by atoms with Gasteiger partial charge in [-0.2, -0.15) is 0 Å². The van der Waals surface area contributed by atoms with Gasteiger partial charge in [0.2, 0.25) is 0 Å². The highest BCUT2D eigenvalue weighted by molar-refractivity contribution is 9.10. The molecule has 0 unspecified atom stereocenters. The lowest BCUT2D eigenvalue weighted by atomic mass is 10.00. The Labute approximate surface area is 124 Å².